The zero-order chi connectivity index (χ0) is 12.2. The van der Waals surface area contributed by atoms with Crippen LogP contribution in [0.15, 0.2) is 0 Å². The minimum Gasteiger partial charge on any atom is -0.312 e. The summed E-state index contributed by atoms with van der Waals surface area (Å²) in [6.07, 6.45) is -1.85. The molecule has 0 aromatic rings. The minimum absolute atomic E-state index is 0.205. The predicted molar refractivity (Wildman–Crippen MR) is 58.4 cm³/mol. The summed E-state index contributed by atoms with van der Waals surface area (Å²) < 4.78 is 36.8. The van der Waals surface area contributed by atoms with Gasteiger partial charge in [-0.15, -0.1) is 0 Å². The molecule has 2 nitrogen and oxygen atoms in total. The van der Waals surface area contributed by atoms with Crippen molar-refractivity contribution in [3.8, 4) is 0 Å². The molecule has 1 N–H and O–H groups in total. The van der Waals surface area contributed by atoms with Crippen LogP contribution in [0.1, 0.15) is 26.7 Å². The van der Waals surface area contributed by atoms with E-state index in [2.05, 4.69) is 12.2 Å². The Hall–Kier alpha value is -0.290. The van der Waals surface area contributed by atoms with Crippen molar-refractivity contribution in [3.63, 3.8) is 0 Å². The number of halogens is 3. The third-order valence-corrected chi connectivity index (χ3v) is 3.23. The molecule has 0 aromatic heterocycles. The van der Waals surface area contributed by atoms with E-state index >= 15 is 0 Å². The van der Waals surface area contributed by atoms with Crippen LogP contribution in [0.3, 0.4) is 0 Å². The van der Waals surface area contributed by atoms with Gasteiger partial charge in [0.2, 0.25) is 0 Å². The van der Waals surface area contributed by atoms with Crippen molar-refractivity contribution < 1.29 is 13.2 Å². The predicted octanol–water partition coefficient (Wildman–Crippen LogP) is 2.26. The number of nitrogens with zero attached hydrogens (tertiary/aromatic N) is 1. The monoisotopic (exact) mass is 238 g/mol. The molecule has 0 amide bonds. The molecule has 0 bridgehead atoms. The summed E-state index contributed by atoms with van der Waals surface area (Å²) >= 11 is 0. The molecule has 0 aromatic carbocycles. The summed E-state index contributed by atoms with van der Waals surface area (Å²) in [6, 6.07) is 0.205. The molecule has 0 aliphatic carbocycles. The van der Waals surface area contributed by atoms with E-state index in [-0.39, 0.29) is 6.04 Å². The van der Waals surface area contributed by atoms with E-state index in [0.29, 0.717) is 19.0 Å². The second kappa shape index (κ2) is 5.87. The number of hydrogen-bond acceptors (Lipinski definition) is 2. The molecule has 1 heterocycles. The van der Waals surface area contributed by atoms with Gasteiger partial charge in [0.15, 0.2) is 0 Å². The SMILES string of the molecule is CCN(CC1NCCCC1C)CC(F)(F)F. The number of rotatable bonds is 4. The highest BCUT2D eigenvalue weighted by Crippen LogP contribution is 2.20. The first kappa shape index (κ1) is 13.8. The van der Waals surface area contributed by atoms with Crippen molar-refractivity contribution in [2.75, 3.05) is 26.2 Å². The molecular formula is C11H21F3N2. The fourth-order valence-electron chi connectivity index (χ4n) is 2.20. The highest BCUT2D eigenvalue weighted by molar-refractivity contribution is 4.81. The average Bonchev–Trinajstić information content (AvgIpc) is 2.18. The van der Waals surface area contributed by atoms with Gasteiger partial charge in [-0.25, -0.2) is 0 Å². The third kappa shape index (κ3) is 4.70. The van der Waals surface area contributed by atoms with Crippen molar-refractivity contribution in [2.45, 2.75) is 38.9 Å². The summed E-state index contributed by atoms with van der Waals surface area (Å²) in [7, 11) is 0. The van der Waals surface area contributed by atoms with Crippen molar-refractivity contribution in [2.24, 2.45) is 5.92 Å². The Labute approximate surface area is 95.2 Å². The molecule has 0 radical (unpaired) electrons. The molecule has 1 rings (SSSR count). The van der Waals surface area contributed by atoms with Crippen LogP contribution in [0, 0.1) is 5.92 Å². The van der Waals surface area contributed by atoms with Gasteiger partial charge in [0.25, 0.3) is 0 Å². The lowest BCUT2D eigenvalue weighted by molar-refractivity contribution is -0.146. The summed E-state index contributed by atoms with van der Waals surface area (Å²) in [4.78, 5) is 1.47. The molecular weight excluding hydrogens is 217 g/mol. The van der Waals surface area contributed by atoms with Crippen LogP contribution >= 0.6 is 0 Å². The Balaban J connectivity index is 2.42. The Kier molecular flexibility index (Phi) is 5.05. The van der Waals surface area contributed by atoms with Crippen LogP contribution < -0.4 is 5.32 Å². The molecule has 96 valence electrons. The molecule has 1 fully saturated rings. The average molecular weight is 238 g/mol. The van der Waals surface area contributed by atoms with E-state index in [9.17, 15) is 13.2 Å². The van der Waals surface area contributed by atoms with Crippen molar-refractivity contribution in [1.82, 2.24) is 10.2 Å². The molecule has 0 saturated carbocycles. The van der Waals surface area contributed by atoms with E-state index in [1.165, 1.54) is 4.90 Å². The van der Waals surface area contributed by atoms with Gasteiger partial charge < -0.3 is 5.32 Å². The fraction of sp³-hybridized carbons (Fsp3) is 1.00. The lowest BCUT2D eigenvalue weighted by Gasteiger charge is -2.34. The number of hydrogen-bond donors (Lipinski definition) is 1. The molecule has 1 aliphatic rings. The minimum atomic E-state index is -4.09. The number of alkyl halides is 3. The van der Waals surface area contributed by atoms with Crippen LogP contribution in [-0.4, -0.2) is 43.3 Å². The topological polar surface area (TPSA) is 15.3 Å². The van der Waals surface area contributed by atoms with Crippen LogP contribution in [0.4, 0.5) is 13.2 Å². The highest BCUT2D eigenvalue weighted by Gasteiger charge is 2.32. The normalized spacial score (nSPS) is 27.4. The second-order valence-electron chi connectivity index (χ2n) is 4.62. The van der Waals surface area contributed by atoms with Gasteiger partial charge in [-0.2, -0.15) is 13.2 Å². The Morgan fingerprint density at radius 2 is 2.06 bits per heavy atom. The van der Waals surface area contributed by atoms with E-state index < -0.39 is 12.7 Å². The second-order valence-corrected chi connectivity index (χ2v) is 4.62. The smallest absolute Gasteiger partial charge is 0.312 e. The van der Waals surface area contributed by atoms with E-state index in [4.69, 9.17) is 0 Å². The van der Waals surface area contributed by atoms with Crippen molar-refractivity contribution >= 4 is 0 Å². The van der Waals surface area contributed by atoms with Gasteiger partial charge in [-0.1, -0.05) is 13.8 Å². The van der Waals surface area contributed by atoms with Crippen LogP contribution in [0.25, 0.3) is 0 Å². The third-order valence-electron chi connectivity index (χ3n) is 3.23. The highest BCUT2D eigenvalue weighted by atomic mass is 19.4. The molecule has 16 heavy (non-hydrogen) atoms. The Bertz CT molecular complexity index is 206. The van der Waals surface area contributed by atoms with E-state index in [1.807, 2.05) is 0 Å². The number of nitrogens with one attached hydrogen (secondary N) is 1. The lowest BCUT2D eigenvalue weighted by atomic mass is 9.92. The summed E-state index contributed by atoms with van der Waals surface area (Å²) in [5.41, 5.74) is 0. The van der Waals surface area contributed by atoms with Crippen LogP contribution in [0.2, 0.25) is 0 Å². The maximum absolute atomic E-state index is 12.3. The van der Waals surface area contributed by atoms with Crippen molar-refractivity contribution in [3.05, 3.63) is 0 Å². The van der Waals surface area contributed by atoms with Gasteiger partial charge in [0.1, 0.15) is 0 Å². The fourth-order valence-corrected chi connectivity index (χ4v) is 2.20. The number of piperidine rings is 1. The van der Waals surface area contributed by atoms with Gasteiger partial charge in [0, 0.05) is 12.6 Å². The van der Waals surface area contributed by atoms with E-state index in [0.717, 1.165) is 19.4 Å². The van der Waals surface area contributed by atoms with Crippen LogP contribution in [-0.2, 0) is 0 Å². The molecule has 1 aliphatic heterocycles. The first-order valence-corrected chi connectivity index (χ1v) is 5.95. The zero-order valence-electron chi connectivity index (χ0n) is 9.98. The summed E-state index contributed by atoms with van der Waals surface area (Å²) in [5.74, 6) is 0.469. The maximum atomic E-state index is 12.3. The molecule has 1 saturated heterocycles. The molecule has 5 heteroatoms. The Morgan fingerprint density at radius 1 is 1.38 bits per heavy atom. The first-order chi connectivity index (χ1) is 7.42. The zero-order valence-corrected chi connectivity index (χ0v) is 9.98. The van der Waals surface area contributed by atoms with Crippen molar-refractivity contribution in [1.29, 1.82) is 0 Å². The van der Waals surface area contributed by atoms with Gasteiger partial charge >= 0.3 is 6.18 Å². The van der Waals surface area contributed by atoms with E-state index in [1.54, 1.807) is 6.92 Å². The van der Waals surface area contributed by atoms with Gasteiger partial charge in [-0.05, 0) is 31.8 Å². The molecule has 0 spiro atoms. The summed E-state index contributed by atoms with van der Waals surface area (Å²) in [5, 5.41) is 3.31. The van der Waals surface area contributed by atoms with Crippen LogP contribution in [0.5, 0.6) is 0 Å². The standard InChI is InChI=1S/C11H21F3N2/c1-3-16(8-11(12,13)14)7-10-9(2)5-4-6-15-10/h9-10,15H,3-8H2,1-2H3. The molecule has 2 atom stereocenters. The number of likely N-dealkylation sites (N-methyl/N-ethyl adjacent to an activating group) is 1. The van der Waals surface area contributed by atoms with Gasteiger partial charge in [0.05, 0.1) is 6.54 Å². The largest absolute Gasteiger partial charge is 0.401 e. The first-order valence-electron chi connectivity index (χ1n) is 5.95. The van der Waals surface area contributed by atoms with Gasteiger partial charge in [-0.3, -0.25) is 4.90 Å². The maximum Gasteiger partial charge on any atom is 0.401 e. The quantitative estimate of drug-likeness (QED) is 0.808. The lowest BCUT2D eigenvalue weighted by Crippen LogP contribution is -2.49. The summed E-state index contributed by atoms with van der Waals surface area (Å²) in [6.45, 7) is 4.96. The molecule has 2 unspecified atom stereocenters. The Morgan fingerprint density at radius 3 is 2.56 bits per heavy atom.